The van der Waals surface area contributed by atoms with E-state index in [1.54, 1.807) is 18.2 Å². The lowest BCUT2D eigenvalue weighted by Gasteiger charge is -2.28. The van der Waals surface area contributed by atoms with Crippen molar-refractivity contribution in [3.63, 3.8) is 0 Å². The number of ketones is 1. The summed E-state index contributed by atoms with van der Waals surface area (Å²) >= 11 is 3.47. The molecule has 3 rings (SSSR count). The summed E-state index contributed by atoms with van der Waals surface area (Å²) in [5.74, 6) is -0.686. The molecule has 1 aliphatic rings. The van der Waals surface area contributed by atoms with Crippen molar-refractivity contribution in [3.05, 3.63) is 69.2 Å². The predicted octanol–water partition coefficient (Wildman–Crippen LogP) is 2.16. The van der Waals surface area contributed by atoms with Gasteiger partial charge in [-0.1, -0.05) is 53.7 Å². The molecule has 0 radical (unpaired) electrons. The number of nitrogens with zero attached hydrogens (tertiary/aromatic N) is 1. The second-order valence-electron chi connectivity index (χ2n) is 9.17. The fraction of sp³-hybridized carbons (Fsp3) is 0.385. The Morgan fingerprint density at radius 1 is 1.18 bits per heavy atom. The molecule has 1 fully saturated rings. The van der Waals surface area contributed by atoms with E-state index in [4.69, 9.17) is 4.74 Å². The van der Waals surface area contributed by atoms with Crippen LogP contribution in [0.4, 0.5) is 0 Å². The van der Waals surface area contributed by atoms with Crippen LogP contribution in [0.1, 0.15) is 36.6 Å². The third-order valence-corrected chi connectivity index (χ3v) is 6.05. The van der Waals surface area contributed by atoms with Crippen molar-refractivity contribution < 1.29 is 24.3 Å². The Kier molecular flexibility index (Phi) is 7.97. The molecule has 2 aromatic carbocycles. The number of carbonyl (C=O) groups excluding carboxylic acids is 2. The molecular weight excluding hydrogens is 484 g/mol. The molecule has 0 aliphatic carbocycles. The Labute approximate surface area is 204 Å². The maximum atomic E-state index is 13.6. The number of rotatable bonds is 8. The van der Waals surface area contributed by atoms with Gasteiger partial charge in [0.1, 0.15) is 5.75 Å². The maximum absolute atomic E-state index is 13.6. The highest BCUT2D eigenvalue weighted by molar-refractivity contribution is 9.10. The molecule has 0 saturated carbocycles. The lowest BCUT2D eigenvalue weighted by atomic mass is 9.95. The molecule has 1 atom stereocenters. The van der Waals surface area contributed by atoms with Gasteiger partial charge in [-0.2, -0.15) is 0 Å². The normalized spacial score (nSPS) is 17.9. The number of hydrogen-bond donors (Lipinski definition) is 1. The van der Waals surface area contributed by atoms with E-state index < -0.39 is 23.5 Å². The van der Waals surface area contributed by atoms with Crippen molar-refractivity contribution in [3.8, 4) is 5.75 Å². The molecule has 1 amide bonds. The molecule has 0 bridgehead atoms. The van der Waals surface area contributed by atoms with Gasteiger partial charge in [-0.05, 0) is 53.8 Å². The van der Waals surface area contributed by atoms with Crippen LogP contribution in [0.3, 0.4) is 0 Å². The number of likely N-dealkylation sites (tertiary alicyclic amines) is 1. The lowest BCUT2D eigenvalue weighted by Crippen LogP contribution is -3.06. The van der Waals surface area contributed by atoms with Gasteiger partial charge in [-0.15, -0.1) is 0 Å². The van der Waals surface area contributed by atoms with Crippen LogP contribution in [-0.2, 0) is 9.59 Å². The van der Waals surface area contributed by atoms with Crippen molar-refractivity contribution in [2.75, 3.05) is 33.8 Å². The van der Waals surface area contributed by atoms with E-state index in [1.807, 2.05) is 45.3 Å². The number of aryl methyl sites for hydroxylation is 1. The zero-order valence-corrected chi connectivity index (χ0v) is 21.4. The summed E-state index contributed by atoms with van der Waals surface area (Å²) in [6.45, 7) is 7.62. The fourth-order valence-electron chi connectivity index (χ4n) is 3.83. The molecule has 1 N–H and O–H groups in total. The predicted molar refractivity (Wildman–Crippen MR) is 130 cm³/mol. The second kappa shape index (κ2) is 10.5. The van der Waals surface area contributed by atoms with E-state index in [1.165, 1.54) is 4.90 Å². The first-order valence-electron chi connectivity index (χ1n) is 11.1. The standard InChI is InChI=1S/C26H31BrN2O4/c1-16(2)15-33-21-10-9-19(13-17(21)3)24(30)22-23(18-7-6-8-20(27)14-18)29(12-11-28(4)5)26(32)25(22)31/h6-10,13-14,16,23,30H,11-12,15H2,1-5H3. The van der Waals surface area contributed by atoms with E-state index in [2.05, 4.69) is 29.8 Å². The molecule has 0 aromatic heterocycles. The molecule has 1 heterocycles. The molecule has 33 heavy (non-hydrogen) atoms. The van der Waals surface area contributed by atoms with Gasteiger partial charge >= 0.3 is 0 Å². The Morgan fingerprint density at radius 2 is 1.91 bits per heavy atom. The van der Waals surface area contributed by atoms with Gasteiger partial charge in [0, 0.05) is 10.0 Å². The Hall–Kier alpha value is -2.64. The van der Waals surface area contributed by atoms with E-state index in [0.717, 1.165) is 20.5 Å². The van der Waals surface area contributed by atoms with Crippen LogP contribution >= 0.6 is 15.9 Å². The molecular formula is C26H31BrN2O4. The minimum atomic E-state index is -0.725. The molecule has 2 aromatic rings. The van der Waals surface area contributed by atoms with Crippen LogP contribution in [0.5, 0.6) is 5.75 Å². The van der Waals surface area contributed by atoms with Crippen molar-refractivity contribution in [1.29, 1.82) is 0 Å². The van der Waals surface area contributed by atoms with E-state index >= 15 is 0 Å². The first-order chi connectivity index (χ1) is 15.6. The Morgan fingerprint density at radius 3 is 2.52 bits per heavy atom. The van der Waals surface area contributed by atoms with Gasteiger partial charge in [0.05, 0.1) is 39.8 Å². The highest BCUT2D eigenvalue weighted by atomic mass is 79.9. The van der Waals surface area contributed by atoms with E-state index in [0.29, 0.717) is 36.9 Å². The number of likely N-dealkylation sites (N-methyl/N-ethyl adjacent to an activating group) is 1. The van der Waals surface area contributed by atoms with Crippen molar-refractivity contribution in [1.82, 2.24) is 4.90 Å². The second-order valence-corrected chi connectivity index (χ2v) is 10.1. The topological polar surface area (TPSA) is 74.1 Å². The highest BCUT2D eigenvalue weighted by Gasteiger charge is 2.44. The van der Waals surface area contributed by atoms with E-state index in [-0.39, 0.29) is 5.57 Å². The number of amides is 1. The number of halogens is 1. The van der Waals surface area contributed by atoms with Crippen LogP contribution < -0.4 is 14.7 Å². The lowest BCUT2D eigenvalue weighted by molar-refractivity contribution is -0.857. The summed E-state index contributed by atoms with van der Waals surface area (Å²) in [5, 5.41) is 13.6. The average molecular weight is 515 g/mol. The number of carbonyl (C=O) groups is 2. The smallest absolute Gasteiger partial charge is 0.295 e. The van der Waals surface area contributed by atoms with Crippen molar-refractivity contribution in [2.24, 2.45) is 5.92 Å². The van der Waals surface area contributed by atoms with Crippen LogP contribution in [-0.4, -0.2) is 50.4 Å². The van der Waals surface area contributed by atoms with Crippen LogP contribution in [0.2, 0.25) is 0 Å². The summed E-state index contributed by atoms with van der Waals surface area (Å²) in [6, 6.07) is 11.9. The number of nitrogens with one attached hydrogen (secondary N) is 1. The van der Waals surface area contributed by atoms with Gasteiger partial charge in [-0.25, -0.2) is 0 Å². The highest BCUT2D eigenvalue weighted by Crippen LogP contribution is 2.39. The van der Waals surface area contributed by atoms with Gasteiger partial charge in [0.15, 0.2) is 0 Å². The van der Waals surface area contributed by atoms with Crippen molar-refractivity contribution >= 4 is 33.4 Å². The third-order valence-electron chi connectivity index (χ3n) is 5.56. The first kappa shape index (κ1) is 25.0. The molecule has 6 nitrogen and oxygen atoms in total. The molecule has 1 unspecified atom stereocenters. The molecule has 176 valence electrons. The monoisotopic (exact) mass is 514 g/mol. The summed E-state index contributed by atoms with van der Waals surface area (Å²) in [4.78, 5) is 28.7. The number of ether oxygens (including phenoxy) is 1. The maximum Gasteiger partial charge on any atom is 0.295 e. The molecule has 0 spiro atoms. The SMILES string of the molecule is Cc1cc(C([O-])=C2C(=O)C(=O)N(CC[NH+](C)C)C2c2cccc(Br)c2)ccc1OCC(C)C. The third kappa shape index (κ3) is 5.65. The van der Waals surface area contributed by atoms with Crippen LogP contribution in [0.25, 0.3) is 5.76 Å². The summed E-state index contributed by atoms with van der Waals surface area (Å²) in [7, 11) is 3.97. The number of Topliss-reactive ketones (excluding diaryl/α,β-unsaturated/α-hetero) is 1. The zero-order valence-electron chi connectivity index (χ0n) is 19.8. The average Bonchev–Trinajstić information content (AvgIpc) is 3.01. The first-order valence-corrected chi connectivity index (χ1v) is 11.9. The largest absolute Gasteiger partial charge is 0.872 e. The minimum absolute atomic E-state index is 0.00195. The van der Waals surface area contributed by atoms with Crippen molar-refractivity contribution in [2.45, 2.75) is 26.8 Å². The van der Waals surface area contributed by atoms with E-state index in [9.17, 15) is 14.7 Å². The summed E-state index contributed by atoms with van der Waals surface area (Å²) < 4.78 is 6.64. The number of benzene rings is 2. The molecule has 1 aliphatic heterocycles. The van der Waals surface area contributed by atoms with Gasteiger partial charge in [0.25, 0.3) is 5.91 Å². The van der Waals surface area contributed by atoms with Gasteiger partial charge in [0.2, 0.25) is 5.78 Å². The van der Waals surface area contributed by atoms with Gasteiger partial charge in [-0.3, -0.25) is 9.59 Å². The van der Waals surface area contributed by atoms with Crippen LogP contribution in [0, 0.1) is 12.8 Å². The Balaban J connectivity index is 2.07. The van der Waals surface area contributed by atoms with Crippen LogP contribution in [0.15, 0.2) is 52.5 Å². The summed E-state index contributed by atoms with van der Waals surface area (Å²) in [5.41, 5.74) is 1.92. The fourth-order valence-corrected chi connectivity index (χ4v) is 4.25. The van der Waals surface area contributed by atoms with Gasteiger partial charge < -0.3 is 19.6 Å². The quantitative estimate of drug-likeness (QED) is 0.332. The molecule has 7 heteroatoms. The minimum Gasteiger partial charge on any atom is -0.872 e. The number of quaternary nitrogens is 1. The summed E-state index contributed by atoms with van der Waals surface area (Å²) in [6.07, 6.45) is 0. The molecule has 1 saturated heterocycles. The zero-order chi connectivity index (χ0) is 24.3. The Bertz CT molecular complexity index is 1080. The number of hydrogen-bond acceptors (Lipinski definition) is 4.